The Labute approximate surface area is 132 Å². The minimum absolute atomic E-state index is 0.118. The molecule has 2 nitrogen and oxygen atoms in total. The summed E-state index contributed by atoms with van der Waals surface area (Å²) >= 11 is 10.2. The normalized spacial score (nSPS) is 10.8. The summed E-state index contributed by atoms with van der Waals surface area (Å²) in [5.74, 6) is 0.665. The van der Waals surface area contributed by atoms with Crippen LogP contribution in [0.2, 0.25) is 5.02 Å². The number of thiol groups is 1. The van der Waals surface area contributed by atoms with Gasteiger partial charge in [-0.15, -0.1) is 12.6 Å². The third kappa shape index (κ3) is 6.67. The SMILES string of the molecule is CC(C)CCCCCCNC(=O)c1cc(S)ccc1Cl. The number of rotatable bonds is 8. The Hall–Kier alpha value is -0.670. The molecule has 0 aromatic heterocycles. The van der Waals surface area contributed by atoms with Crippen LogP contribution in [-0.4, -0.2) is 12.5 Å². The van der Waals surface area contributed by atoms with Crippen molar-refractivity contribution < 1.29 is 4.79 Å². The second kappa shape index (κ2) is 9.30. The summed E-state index contributed by atoms with van der Waals surface area (Å²) in [6.07, 6.45) is 5.98. The standard InChI is InChI=1S/C16H24ClNOS/c1-12(2)7-5-3-4-6-10-18-16(19)14-11-13(20)8-9-15(14)17/h8-9,11-12,20H,3-7,10H2,1-2H3,(H,18,19). The van der Waals surface area contributed by atoms with Gasteiger partial charge in [0.1, 0.15) is 0 Å². The fourth-order valence-corrected chi connectivity index (χ4v) is 2.42. The van der Waals surface area contributed by atoms with Crippen LogP contribution in [0.3, 0.4) is 0 Å². The smallest absolute Gasteiger partial charge is 0.252 e. The highest BCUT2D eigenvalue weighted by Crippen LogP contribution is 2.19. The van der Waals surface area contributed by atoms with Crippen molar-refractivity contribution in [2.24, 2.45) is 5.92 Å². The maximum absolute atomic E-state index is 12.0. The van der Waals surface area contributed by atoms with Gasteiger partial charge in [0, 0.05) is 11.4 Å². The zero-order valence-corrected chi connectivity index (χ0v) is 13.9. The molecule has 0 saturated heterocycles. The lowest BCUT2D eigenvalue weighted by Gasteiger charge is -2.08. The molecule has 0 unspecified atom stereocenters. The van der Waals surface area contributed by atoms with Crippen molar-refractivity contribution in [2.45, 2.75) is 50.8 Å². The number of benzene rings is 1. The minimum atomic E-state index is -0.118. The lowest BCUT2D eigenvalue weighted by molar-refractivity contribution is 0.0953. The molecule has 0 fully saturated rings. The molecule has 20 heavy (non-hydrogen) atoms. The largest absolute Gasteiger partial charge is 0.352 e. The maximum Gasteiger partial charge on any atom is 0.252 e. The van der Waals surface area contributed by atoms with Crippen LogP contribution in [0.25, 0.3) is 0 Å². The van der Waals surface area contributed by atoms with Crippen LogP contribution in [-0.2, 0) is 0 Å². The van der Waals surface area contributed by atoms with Gasteiger partial charge >= 0.3 is 0 Å². The van der Waals surface area contributed by atoms with E-state index in [0.29, 0.717) is 17.1 Å². The first-order chi connectivity index (χ1) is 9.50. The molecule has 112 valence electrons. The Morgan fingerprint density at radius 2 is 1.95 bits per heavy atom. The number of halogens is 1. The first kappa shape index (κ1) is 17.4. The average molecular weight is 314 g/mol. The van der Waals surface area contributed by atoms with Crippen LogP contribution >= 0.6 is 24.2 Å². The third-order valence-electron chi connectivity index (χ3n) is 3.19. The first-order valence-corrected chi connectivity index (χ1v) is 8.10. The molecule has 1 rings (SSSR count). The molecule has 1 aromatic rings. The average Bonchev–Trinajstić information content (AvgIpc) is 2.39. The number of hydrogen-bond acceptors (Lipinski definition) is 2. The fourth-order valence-electron chi connectivity index (χ4n) is 2.02. The Kier molecular flexibility index (Phi) is 8.08. The van der Waals surface area contributed by atoms with Gasteiger partial charge in [-0.1, -0.05) is 51.1 Å². The van der Waals surface area contributed by atoms with Crippen LogP contribution in [0.5, 0.6) is 0 Å². The molecular formula is C16H24ClNOS. The van der Waals surface area contributed by atoms with E-state index in [9.17, 15) is 4.79 Å². The highest BCUT2D eigenvalue weighted by atomic mass is 35.5. The molecule has 0 bridgehead atoms. The van der Waals surface area contributed by atoms with Crippen molar-refractivity contribution in [1.82, 2.24) is 5.32 Å². The minimum Gasteiger partial charge on any atom is -0.352 e. The van der Waals surface area contributed by atoms with Crippen molar-refractivity contribution in [3.05, 3.63) is 28.8 Å². The molecule has 0 heterocycles. The maximum atomic E-state index is 12.0. The predicted octanol–water partition coefficient (Wildman–Crippen LogP) is 4.97. The molecule has 4 heteroatoms. The predicted molar refractivity (Wildman–Crippen MR) is 89.0 cm³/mol. The third-order valence-corrected chi connectivity index (χ3v) is 3.80. The zero-order valence-electron chi connectivity index (χ0n) is 12.3. The molecule has 0 atom stereocenters. The molecule has 0 radical (unpaired) electrons. The van der Waals surface area contributed by atoms with Gasteiger partial charge in [0.25, 0.3) is 5.91 Å². The lowest BCUT2D eigenvalue weighted by Crippen LogP contribution is -2.24. The van der Waals surface area contributed by atoms with E-state index in [4.69, 9.17) is 11.6 Å². The summed E-state index contributed by atoms with van der Waals surface area (Å²) in [4.78, 5) is 12.7. The second-order valence-electron chi connectivity index (χ2n) is 5.52. The highest BCUT2D eigenvalue weighted by molar-refractivity contribution is 7.80. The van der Waals surface area contributed by atoms with E-state index in [1.54, 1.807) is 18.2 Å². The van der Waals surface area contributed by atoms with E-state index in [1.165, 1.54) is 19.3 Å². The monoisotopic (exact) mass is 313 g/mol. The molecule has 0 saturated carbocycles. The highest BCUT2D eigenvalue weighted by Gasteiger charge is 2.09. The summed E-state index contributed by atoms with van der Waals surface area (Å²) in [5, 5.41) is 3.38. The van der Waals surface area contributed by atoms with Crippen LogP contribution in [0, 0.1) is 5.92 Å². The van der Waals surface area contributed by atoms with E-state index in [1.807, 2.05) is 0 Å². The van der Waals surface area contributed by atoms with E-state index in [0.717, 1.165) is 23.7 Å². The zero-order chi connectivity index (χ0) is 15.0. The van der Waals surface area contributed by atoms with Crippen molar-refractivity contribution in [3.63, 3.8) is 0 Å². The van der Waals surface area contributed by atoms with Crippen LogP contribution in [0.1, 0.15) is 56.3 Å². The van der Waals surface area contributed by atoms with Gasteiger partial charge in [0.15, 0.2) is 0 Å². The molecule has 0 aliphatic carbocycles. The molecule has 1 aromatic carbocycles. The van der Waals surface area contributed by atoms with Gasteiger partial charge in [-0.3, -0.25) is 4.79 Å². The lowest BCUT2D eigenvalue weighted by atomic mass is 10.0. The van der Waals surface area contributed by atoms with Gasteiger partial charge in [-0.05, 0) is 30.5 Å². The number of carbonyl (C=O) groups is 1. The molecule has 1 amide bonds. The van der Waals surface area contributed by atoms with E-state index >= 15 is 0 Å². The number of unbranched alkanes of at least 4 members (excludes halogenated alkanes) is 3. The summed E-state index contributed by atoms with van der Waals surface area (Å²) < 4.78 is 0. The van der Waals surface area contributed by atoms with E-state index in [2.05, 4.69) is 31.8 Å². The molecular weight excluding hydrogens is 290 g/mol. The number of nitrogens with one attached hydrogen (secondary N) is 1. The summed E-state index contributed by atoms with van der Waals surface area (Å²) in [5.41, 5.74) is 0.499. The summed E-state index contributed by atoms with van der Waals surface area (Å²) in [7, 11) is 0. The first-order valence-electron chi connectivity index (χ1n) is 7.27. The Morgan fingerprint density at radius 3 is 2.65 bits per heavy atom. The van der Waals surface area contributed by atoms with Crippen molar-refractivity contribution >= 4 is 30.1 Å². The molecule has 0 spiro atoms. The van der Waals surface area contributed by atoms with Gasteiger partial charge in [-0.25, -0.2) is 0 Å². The molecule has 0 aliphatic rings. The van der Waals surface area contributed by atoms with Crippen LogP contribution in [0.15, 0.2) is 23.1 Å². The summed E-state index contributed by atoms with van der Waals surface area (Å²) in [6.45, 7) is 5.20. The number of hydrogen-bond donors (Lipinski definition) is 2. The van der Waals surface area contributed by atoms with Gasteiger partial charge in [0.2, 0.25) is 0 Å². The van der Waals surface area contributed by atoms with Crippen LogP contribution in [0.4, 0.5) is 0 Å². The van der Waals surface area contributed by atoms with E-state index in [-0.39, 0.29) is 5.91 Å². The second-order valence-corrected chi connectivity index (χ2v) is 6.44. The topological polar surface area (TPSA) is 29.1 Å². The Morgan fingerprint density at radius 1 is 1.25 bits per heavy atom. The Bertz CT molecular complexity index is 434. The van der Waals surface area contributed by atoms with Gasteiger partial charge in [0.05, 0.1) is 10.6 Å². The van der Waals surface area contributed by atoms with Crippen LogP contribution < -0.4 is 5.32 Å². The molecule has 0 aliphatic heterocycles. The van der Waals surface area contributed by atoms with Gasteiger partial charge in [-0.2, -0.15) is 0 Å². The quantitative estimate of drug-likeness (QED) is 0.515. The molecule has 1 N–H and O–H groups in total. The number of amides is 1. The van der Waals surface area contributed by atoms with Crippen molar-refractivity contribution in [1.29, 1.82) is 0 Å². The Balaban J connectivity index is 2.22. The van der Waals surface area contributed by atoms with Crippen molar-refractivity contribution in [2.75, 3.05) is 6.54 Å². The number of carbonyl (C=O) groups excluding carboxylic acids is 1. The van der Waals surface area contributed by atoms with E-state index < -0.39 is 0 Å². The van der Waals surface area contributed by atoms with Gasteiger partial charge < -0.3 is 5.32 Å². The van der Waals surface area contributed by atoms with Crippen molar-refractivity contribution in [3.8, 4) is 0 Å². The fraction of sp³-hybridized carbons (Fsp3) is 0.562. The summed E-state index contributed by atoms with van der Waals surface area (Å²) in [6, 6.07) is 5.17.